The fourth-order valence-electron chi connectivity index (χ4n) is 3.25. The molecule has 1 aliphatic carbocycles. The smallest absolute Gasteiger partial charge is 0.273 e. The third kappa shape index (κ3) is 4.82. The fourth-order valence-corrected chi connectivity index (χ4v) is 3.25. The summed E-state index contributed by atoms with van der Waals surface area (Å²) in [7, 11) is 0. The number of hydrogen-bond donors (Lipinski definition) is 3. The van der Waals surface area contributed by atoms with Crippen LogP contribution in [0.5, 0.6) is 5.75 Å². The summed E-state index contributed by atoms with van der Waals surface area (Å²) in [5, 5.41) is 12.3. The van der Waals surface area contributed by atoms with E-state index in [0.717, 1.165) is 5.56 Å². The number of oxazole rings is 1. The number of carbonyl (C=O) groups excluding carboxylic acids is 1. The molecule has 2 aromatic rings. The van der Waals surface area contributed by atoms with Crippen LogP contribution in [0.3, 0.4) is 0 Å². The van der Waals surface area contributed by atoms with Gasteiger partial charge in [0, 0.05) is 6.54 Å². The molecule has 1 aliphatic rings. The minimum Gasteiger partial charge on any atom is -0.508 e. The highest BCUT2D eigenvalue weighted by molar-refractivity contribution is 5.91. The van der Waals surface area contributed by atoms with Crippen molar-refractivity contribution < 1.29 is 14.3 Å². The second-order valence-electron chi connectivity index (χ2n) is 6.76. The highest BCUT2D eigenvalue weighted by Crippen LogP contribution is 2.23. The monoisotopic (exact) mass is 343 g/mol. The van der Waals surface area contributed by atoms with Crippen LogP contribution in [-0.2, 0) is 6.42 Å². The largest absolute Gasteiger partial charge is 0.508 e. The number of aromatic hydroxyl groups is 1. The summed E-state index contributed by atoms with van der Waals surface area (Å²) in [4.78, 5) is 16.5. The van der Waals surface area contributed by atoms with Gasteiger partial charge in [0.2, 0.25) is 5.89 Å². The minimum absolute atomic E-state index is 0.211. The van der Waals surface area contributed by atoms with Crippen LogP contribution in [0.1, 0.15) is 60.1 Å². The summed E-state index contributed by atoms with van der Waals surface area (Å²) >= 11 is 0. The van der Waals surface area contributed by atoms with Gasteiger partial charge in [0.1, 0.15) is 12.0 Å². The van der Waals surface area contributed by atoms with E-state index in [1.807, 2.05) is 0 Å². The molecular weight excluding hydrogens is 318 g/mol. The molecule has 1 unspecified atom stereocenters. The van der Waals surface area contributed by atoms with Crippen molar-refractivity contribution in [3.8, 4) is 5.75 Å². The molecule has 1 heterocycles. The normalized spacial score (nSPS) is 16.5. The summed E-state index contributed by atoms with van der Waals surface area (Å²) in [5.74, 6) is 0.916. The van der Waals surface area contributed by atoms with E-state index in [0.29, 0.717) is 24.8 Å². The first-order valence-corrected chi connectivity index (χ1v) is 8.89. The number of aromatic nitrogens is 1. The average molecular weight is 343 g/mol. The third-order valence-corrected chi connectivity index (χ3v) is 4.74. The Morgan fingerprint density at radius 3 is 2.72 bits per heavy atom. The molecule has 1 saturated carbocycles. The summed E-state index contributed by atoms with van der Waals surface area (Å²) in [6.45, 7) is 0.695. The van der Waals surface area contributed by atoms with Crippen molar-refractivity contribution in [2.75, 3.05) is 6.54 Å². The second-order valence-corrected chi connectivity index (χ2v) is 6.76. The molecule has 1 fully saturated rings. The van der Waals surface area contributed by atoms with Crippen LogP contribution in [0.2, 0.25) is 0 Å². The number of benzene rings is 1. The van der Waals surface area contributed by atoms with Gasteiger partial charge in [-0.2, -0.15) is 0 Å². The van der Waals surface area contributed by atoms with Gasteiger partial charge in [-0.25, -0.2) is 4.98 Å². The Balaban J connectivity index is 1.53. The van der Waals surface area contributed by atoms with Crippen LogP contribution < -0.4 is 11.1 Å². The summed E-state index contributed by atoms with van der Waals surface area (Å²) in [5.41, 5.74) is 7.35. The molecule has 1 amide bonds. The zero-order valence-electron chi connectivity index (χ0n) is 14.3. The Hall–Kier alpha value is -2.34. The summed E-state index contributed by atoms with van der Waals surface area (Å²) in [6.07, 6.45) is 8.05. The molecule has 4 N–H and O–H groups in total. The molecule has 1 atom stereocenters. The van der Waals surface area contributed by atoms with Gasteiger partial charge in [0.05, 0.1) is 6.04 Å². The molecule has 0 spiro atoms. The highest BCUT2D eigenvalue weighted by atomic mass is 16.3. The lowest BCUT2D eigenvalue weighted by molar-refractivity contribution is 0.0938. The lowest BCUT2D eigenvalue weighted by atomic mass is 9.89. The Morgan fingerprint density at radius 1 is 1.28 bits per heavy atom. The number of amides is 1. The molecule has 6 heteroatoms. The number of carbonyl (C=O) groups is 1. The van der Waals surface area contributed by atoms with Crippen molar-refractivity contribution in [1.82, 2.24) is 10.3 Å². The molecular formula is C19H25N3O3. The van der Waals surface area contributed by atoms with Crippen LogP contribution in [0.25, 0.3) is 0 Å². The molecule has 0 radical (unpaired) electrons. The maximum Gasteiger partial charge on any atom is 0.273 e. The highest BCUT2D eigenvalue weighted by Gasteiger charge is 2.19. The fraction of sp³-hybridized carbons (Fsp3) is 0.474. The number of rotatable bonds is 6. The van der Waals surface area contributed by atoms with Crippen LogP contribution in [-0.4, -0.2) is 22.5 Å². The average Bonchev–Trinajstić information content (AvgIpc) is 3.13. The van der Waals surface area contributed by atoms with E-state index in [2.05, 4.69) is 10.3 Å². The molecule has 0 saturated heterocycles. The van der Waals surface area contributed by atoms with E-state index in [-0.39, 0.29) is 17.4 Å². The number of nitrogens with zero attached hydrogens (tertiary/aromatic N) is 1. The maximum absolute atomic E-state index is 12.2. The topological polar surface area (TPSA) is 101 Å². The van der Waals surface area contributed by atoms with E-state index in [4.69, 9.17) is 10.2 Å². The van der Waals surface area contributed by atoms with Crippen molar-refractivity contribution in [3.63, 3.8) is 0 Å². The van der Waals surface area contributed by atoms with Gasteiger partial charge in [-0.1, -0.05) is 31.4 Å². The Labute approximate surface area is 147 Å². The minimum atomic E-state index is -0.440. The van der Waals surface area contributed by atoms with Crippen molar-refractivity contribution in [1.29, 1.82) is 0 Å². The third-order valence-electron chi connectivity index (χ3n) is 4.74. The van der Waals surface area contributed by atoms with Gasteiger partial charge in [-0.15, -0.1) is 0 Å². The Morgan fingerprint density at radius 2 is 2.00 bits per heavy atom. The Kier molecular flexibility index (Phi) is 5.71. The maximum atomic E-state index is 12.2. The second kappa shape index (κ2) is 8.16. The van der Waals surface area contributed by atoms with Crippen LogP contribution in [0, 0.1) is 5.92 Å². The van der Waals surface area contributed by atoms with E-state index >= 15 is 0 Å². The standard InChI is InChI=1S/C19H25N3O3/c20-16(10-13-6-8-15(23)9-7-13)19-22-17(12-25-19)18(24)21-11-14-4-2-1-3-5-14/h6-9,12,14,16,23H,1-5,10-11,20H2,(H,21,24). The van der Waals surface area contributed by atoms with E-state index < -0.39 is 6.04 Å². The molecule has 1 aromatic carbocycles. The zero-order chi connectivity index (χ0) is 17.6. The van der Waals surface area contributed by atoms with Gasteiger partial charge in [0.15, 0.2) is 5.69 Å². The van der Waals surface area contributed by atoms with Crippen LogP contribution >= 0.6 is 0 Å². The number of hydrogen-bond acceptors (Lipinski definition) is 5. The zero-order valence-corrected chi connectivity index (χ0v) is 14.3. The first kappa shape index (κ1) is 17.5. The van der Waals surface area contributed by atoms with Crippen molar-refractivity contribution in [3.05, 3.63) is 47.7 Å². The van der Waals surface area contributed by atoms with Gasteiger partial charge >= 0.3 is 0 Å². The number of phenolic OH excluding ortho intramolecular Hbond substituents is 1. The van der Waals surface area contributed by atoms with Crippen molar-refractivity contribution in [2.45, 2.75) is 44.6 Å². The summed E-state index contributed by atoms with van der Waals surface area (Å²) in [6, 6.07) is 6.39. The first-order valence-electron chi connectivity index (χ1n) is 8.89. The number of phenols is 1. The first-order chi connectivity index (χ1) is 12.1. The summed E-state index contributed by atoms with van der Waals surface area (Å²) < 4.78 is 5.39. The molecule has 134 valence electrons. The van der Waals surface area contributed by atoms with Gasteiger partial charge in [-0.3, -0.25) is 4.79 Å². The van der Waals surface area contributed by atoms with E-state index in [1.54, 1.807) is 24.3 Å². The van der Waals surface area contributed by atoms with Gasteiger partial charge < -0.3 is 20.6 Å². The molecule has 0 aliphatic heterocycles. The number of nitrogens with two attached hydrogens (primary N) is 1. The lowest BCUT2D eigenvalue weighted by Crippen LogP contribution is -2.30. The van der Waals surface area contributed by atoms with Crippen molar-refractivity contribution in [2.24, 2.45) is 11.7 Å². The van der Waals surface area contributed by atoms with Crippen LogP contribution in [0.4, 0.5) is 0 Å². The molecule has 25 heavy (non-hydrogen) atoms. The van der Waals surface area contributed by atoms with Crippen LogP contribution in [0.15, 0.2) is 34.9 Å². The molecule has 1 aromatic heterocycles. The predicted octanol–water partition coefficient (Wildman–Crippen LogP) is 2.93. The lowest BCUT2D eigenvalue weighted by Gasteiger charge is -2.21. The Bertz CT molecular complexity index is 690. The van der Waals surface area contributed by atoms with Gasteiger partial charge in [-0.05, 0) is 42.9 Å². The van der Waals surface area contributed by atoms with E-state index in [9.17, 15) is 9.90 Å². The molecule has 0 bridgehead atoms. The van der Waals surface area contributed by atoms with Gasteiger partial charge in [0.25, 0.3) is 5.91 Å². The molecule has 6 nitrogen and oxygen atoms in total. The molecule has 3 rings (SSSR count). The predicted molar refractivity (Wildman–Crippen MR) is 94.2 cm³/mol. The SMILES string of the molecule is NC(Cc1ccc(O)cc1)c1nc(C(=O)NCC2CCCCC2)co1. The number of nitrogens with one attached hydrogen (secondary N) is 1. The van der Waals surface area contributed by atoms with Crippen molar-refractivity contribution >= 4 is 5.91 Å². The van der Waals surface area contributed by atoms with E-state index in [1.165, 1.54) is 38.4 Å². The quantitative estimate of drug-likeness (QED) is 0.748.